The minimum atomic E-state index is -0.454. The molecule has 3 aliphatic rings. The van der Waals surface area contributed by atoms with Crippen LogP contribution in [0.25, 0.3) is 0 Å². The van der Waals surface area contributed by atoms with Crippen LogP contribution in [0.3, 0.4) is 0 Å². The lowest BCUT2D eigenvalue weighted by Crippen LogP contribution is -2.33. The van der Waals surface area contributed by atoms with E-state index < -0.39 is 5.92 Å². The third-order valence-electron chi connectivity index (χ3n) is 5.99. The van der Waals surface area contributed by atoms with Crippen LogP contribution in [0.1, 0.15) is 57.9 Å². The Morgan fingerprint density at radius 2 is 1.46 bits per heavy atom. The monoisotopic (exact) mass is 432 g/mol. The number of Topliss-reactive ketones (excluding diaryl/α,β-unsaturated/α-hetero) is 3. The maximum atomic E-state index is 13.5. The van der Waals surface area contributed by atoms with Crippen LogP contribution in [-0.4, -0.2) is 17.3 Å². The Morgan fingerprint density at radius 1 is 0.786 bits per heavy atom. The van der Waals surface area contributed by atoms with Crippen molar-refractivity contribution < 1.29 is 14.4 Å². The highest BCUT2D eigenvalue weighted by Crippen LogP contribution is 2.49. The number of halogens is 1. The van der Waals surface area contributed by atoms with Crippen LogP contribution in [0.15, 0.2) is 75.3 Å². The zero-order chi connectivity index (χ0) is 19.4. The van der Waals surface area contributed by atoms with Crippen molar-refractivity contribution in [3.8, 4) is 0 Å². The zero-order valence-electron chi connectivity index (χ0n) is 15.1. The summed E-state index contributed by atoms with van der Waals surface area (Å²) in [5.74, 6) is -0.538. The van der Waals surface area contributed by atoms with Gasteiger partial charge in [-0.1, -0.05) is 57.9 Å². The molecule has 0 fully saturated rings. The van der Waals surface area contributed by atoms with Gasteiger partial charge < -0.3 is 0 Å². The van der Waals surface area contributed by atoms with E-state index in [0.717, 1.165) is 34.0 Å². The van der Waals surface area contributed by atoms with Gasteiger partial charge in [-0.3, -0.25) is 14.4 Å². The normalized spacial score (nSPS) is 21.5. The van der Waals surface area contributed by atoms with Crippen molar-refractivity contribution in [2.24, 2.45) is 0 Å². The van der Waals surface area contributed by atoms with Crippen LogP contribution in [0.2, 0.25) is 0 Å². The summed E-state index contributed by atoms with van der Waals surface area (Å²) in [6, 6.07) is 14.7. The number of carbonyl (C=O) groups is 3. The van der Waals surface area contributed by atoms with E-state index >= 15 is 0 Å². The summed E-state index contributed by atoms with van der Waals surface area (Å²) < 4.78 is 0.932. The summed E-state index contributed by atoms with van der Waals surface area (Å²) in [5, 5.41) is 0. The van der Waals surface area contributed by atoms with Gasteiger partial charge in [0.25, 0.3) is 0 Å². The van der Waals surface area contributed by atoms with Crippen LogP contribution in [0, 0.1) is 0 Å². The molecule has 0 amide bonds. The fourth-order valence-corrected chi connectivity index (χ4v) is 5.02. The molecule has 0 N–H and O–H groups in total. The first-order chi connectivity index (χ1) is 13.6. The molecule has 138 valence electrons. The molecule has 0 bridgehead atoms. The highest BCUT2D eigenvalue weighted by atomic mass is 79.9. The standard InChI is InChI=1S/C24H17BrO3/c25-15-10-8-13(9-11-15)21-20-14(4-3-7-19(20)26)12-18-22(21)24(28)17-6-2-1-5-16(17)23(18)27/h1-2,5-6,8-11,21H,3-4,7,12H2. The van der Waals surface area contributed by atoms with E-state index in [4.69, 9.17) is 0 Å². The van der Waals surface area contributed by atoms with Gasteiger partial charge in [0.05, 0.1) is 0 Å². The molecule has 1 atom stereocenters. The number of hydrogen-bond acceptors (Lipinski definition) is 3. The summed E-state index contributed by atoms with van der Waals surface area (Å²) in [6.45, 7) is 0. The van der Waals surface area contributed by atoms with Gasteiger partial charge in [-0.25, -0.2) is 0 Å². The first kappa shape index (κ1) is 17.5. The highest BCUT2D eigenvalue weighted by Gasteiger charge is 2.43. The van der Waals surface area contributed by atoms with Crippen molar-refractivity contribution in [2.75, 3.05) is 0 Å². The predicted octanol–water partition coefficient (Wildman–Crippen LogP) is 5.36. The van der Waals surface area contributed by atoms with Gasteiger partial charge in [0.2, 0.25) is 0 Å². The second-order valence-electron chi connectivity index (χ2n) is 7.55. The van der Waals surface area contributed by atoms with Crippen molar-refractivity contribution in [1.29, 1.82) is 0 Å². The van der Waals surface area contributed by atoms with E-state index in [1.54, 1.807) is 24.3 Å². The maximum Gasteiger partial charge on any atom is 0.191 e. The minimum Gasteiger partial charge on any atom is -0.295 e. The van der Waals surface area contributed by atoms with Gasteiger partial charge in [-0.05, 0) is 37.0 Å². The Balaban J connectivity index is 1.76. The second kappa shape index (κ2) is 6.49. The molecule has 0 aliphatic heterocycles. The number of hydrogen-bond donors (Lipinski definition) is 0. The Hall–Kier alpha value is -2.59. The fraction of sp³-hybridized carbons (Fsp3) is 0.208. The van der Waals surface area contributed by atoms with Crippen molar-refractivity contribution in [3.63, 3.8) is 0 Å². The number of ketones is 3. The van der Waals surface area contributed by atoms with E-state index in [-0.39, 0.29) is 17.3 Å². The van der Waals surface area contributed by atoms with Crippen LogP contribution in [0.5, 0.6) is 0 Å². The number of carbonyl (C=O) groups excluding carboxylic acids is 3. The molecule has 3 nitrogen and oxygen atoms in total. The van der Waals surface area contributed by atoms with Crippen LogP contribution >= 0.6 is 15.9 Å². The number of fused-ring (bicyclic) bond motifs is 1. The minimum absolute atomic E-state index is 0.0723. The highest BCUT2D eigenvalue weighted by molar-refractivity contribution is 9.10. The Labute approximate surface area is 171 Å². The Kier molecular flexibility index (Phi) is 4.06. The van der Waals surface area contributed by atoms with Crippen LogP contribution in [-0.2, 0) is 4.79 Å². The van der Waals surface area contributed by atoms with E-state index in [0.29, 0.717) is 35.1 Å². The lowest BCUT2D eigenvalue weighted by Gasteiger charge is -2.36. The summed E-state index contributed by atoms with van der Waals surface area (Å²) in [7, 11) is 0. The molecule has 3 aliphatic carbocycles. The first-order valence-corrected chi connectivity index (χ1v) is 10.3. The van der Waals surface area contributed by atoms with E-state index in [9.17, 15) is 14.4 Å². The van der Waals surface area contributed by atoms with Crippen molar-refractivity contribution in [1.82, 2.24) is 0 Å². The smallest absolute Gasteiger partial charge is 0.191 e. The summed E-state index contributed by atoms with van der Waals surface area (Å²) >= 11 is 3.45. The third kappa shape index (κ3) is 2.51. The van der Waals surface area contributed by atoms with Crippen molar-refractivity contribution in [2.45, 2.75) is 31.6 Å². The Bertz CT molecular complexity index is 1120. The first-order valence-electron chi connectivity index (χ1n) is 9.48. The van der Waals surface area contributed by atoms with E-state index in [2.05, 4.69) is 15.9 Å². The average Bonchev–Trinajstić information content (AvgIpc) is 2.71. The lowest BCUT2D eigenvalue weighted by atomic mass is 9.65. The average molecular weight is 433 g/mol. The van der Waals surface area contributed by atoms with Crippen LogP contribution in [0.4, 0.5) is 0 Å². The summed E-state index contributed by atoms with van der Waals surface area (Å²) in [4.78, 5) is 39.6. The van der Waals surface area contributed by atoms with Gasteiger partial charge >= 0.3 is 0 Å². The lowest BCUT2D eigenvalue weighted by molar-refractivity contribution is -0.116. The predicted molar refractivity (Wildman–Crippen MR) is 110 cm³/mol. The summed E-state index contributed by atoms with van der Waals surface area (Å²) in [6.07, 6.45) is 2.55. The van der Waals surface area contributed by atoms with Crippen molar-refractivity contribution >= 4 is 33.3 Å². The van der Waals surface area contributed by atoms with E-state index in [1.165, 1.54) is 0 Å². The molecule has 0 saturated heterocycles. The number of allylic oxidation sites excluding steroid dienone is 4. The zero-order valence-corrected chi connectivity index (χ0v) is 16.7. The number of benzene rings is 2. The molecule has 1 unspecified atom stereocenters. The molecular weight excluding hydrogens is 416 g/mol. The van der Waals surface area contributed by atoms with Crippen LogP contribution < -0.4 is 0 Å². The molecule has 0 saturated carbocycles. The van der Waals surface area contributed by atoms with Gasteiger partial charge in [0.1, 0.15) is 0 Å². The molecule has 28 heavy (non-hydrogen) atoms. The number of rotatable bonds is 1. The molecule has 0 spiro atoms. The SMILES string of the molecule is O=C1CCCC2=C1C(c1ccc(Br)cc1)C1=C(C2)C(=O)c2ccccc2C1=O. The molecule has 0 radical (unpaired) electrons. The largest absolute Gasteiger partial charge is 0.295 e. The molecule has 5 rings (SSSR count). The molecule has 2 aromatic rings. The molecule has 0 aromatic heterocycles. The van der Waals surface area contributed by atoms with Gasteiger partial charge in [0, 0.05) is 44.7 Å². The van der Waals surface area contributed by atoms with E-state index in [1.807, 2.05) is 24.3 Å². The fourth-order valence-electron chi connectivity index (χ4n) is 4.75. The van der Waals surface area contributed by atoms with Gasteiger partial charge in [-0.15, -0.1) is 0 Å². The molecular formula is C24H17BrO3. The molecule has 2 aromatic carbocycles. The quantitative estimate of drug-likeness (QED) is 0.608. The second-order valence-corrected chi connectivity index (χ2v) is 8.47. The molecule has 0 heterocycles. The molecule has 4 heteroatoms. The maximum absolute atomic E-state index is 13.5. The van der Waals surface area contributed by atoms with Crippen molar-refractivity contribution in [3.05, 3.63) is 92.0 Å². The topological polar surface area (TPSA) is 51.2 Å². The Morgan fingerprint density at radius 3 is 2.18 bits per heavy atom. The third-order valence-corrected chi connectivity index (χ3v) is 6.52. The van der Waals surface area contributed by atoms with Gasteiger partial charge in [-0.2, -0.15) is 0 Å². The van der Waals surface area contributed by atoms with Gasteiger partial charge in [0.15, 0.2) is 17.3 Å². The summed E-state index contributed by atoms with van der Waals surface area (Å²) in [5.41, 5.74) is 4.66.